The molecule has 0 radical (unpaired) electrons. The summed E-state index contributed by atoms with van der Waals surface area (Å²) in [6.45, 7) is 0.574. The van der Waals surface area contributed by atoms with E-state index in [1.54, 1.807) is 52.3 Å². The lowest BCUT2D eigenvalue weighted by atomic mass is 9.99. The predicted molar refractivity (Wildman–Crippen MR) is 159 cm³/mol. The molecule has 4 aliphatic rings. The van der Waals surface area contributed by atoms with E-state index in [4.69, 9.17) is 21.1 Å². The number of carbonyl (C=O) groups is 2. The Kier molecular flexibility index (Phi) is 6.56. The van der Waals surface area contributed by atoms with Crippen molar-refractivity contribution in [1.29, 1.82) is 0 Å². The van der Waals surface area contributed by atoms with Crippen LogP contribution in [0.4, 0.5) is 21.0 Å². The van der Waals surface area contributed by atoms with Gasteiger partial charge in [0.15, 0.2) is 0 Å². The first kappa shape index (κ1) is 26.8. The normalized spacial score (nSPS) is 21.1. The van der Waals surface area contributed by atoms with Crippen LogP contribution in [0.5, 0.6) is 0 Å². The highest BCUT2D eigenvalue weighted by Gasteiger charge is 2.38. The molecule has 1 aliphatic carbocycles. The summed E-state index contributed by atoms with van der Waals surface area (Å²) < 4.78 is 40.3. The lowest BCUT2D eigenvalue weighted by Crippen LogP contribution is -2.50. The second-order valence-corrected chi connectivity index (χ2v) is 12.8. The van der Waals surface area contributed by atoms with E-state index in [1.807, 2.05) is 36.4 Å². The number of cyclic esters (lactones) is 2. The van der Waals surface area contributed by atoms with E-state index in [9.17, 15) is 18.0 Å². The molecule has 42 heavy (non-hydrogen) atoms. The summed E-state index contributed by atoms with van der Waals surface area (Å²) in [6.07, 6.45) is 8.86. The molecule has 0 spiro atoms. The first-order valence-electron chi connectivity index (χ1n) is 13.6. The molecule has 0 N–H and O–H groups in total. The molecule has 1 saturated heterocycles. The number of sulfonamides is 1. The number of halogens is 1. The Labute approximate surface area is 247 Å². The van der Waals surface area contributed by atoms with Crippen LogP contribution in [0.15, 0.2) is 95.6 Å². The summed E-state index contributed by atoms with van der Waals surface area (Å²) in [4.78, 5) is 29.0. The summed E-state index contributed by atoms with van der Waals surface area (Å²) in [5.41, 5.74) is 2.84. The molecule has 11 heteroatoms. The van der Waals surface area contributed by atoms with Crippen LogP contribution in [0, 0.1) is 0 Å². The molecular formula is C31H26ClN3O6S. The fourth-order valence-electron chi connectivity index (χ4n) is 6.17. The second kappa shape index (κ2) is 10.3. The maximum atomic E-state index is 14.0. The van der Waals surface area contributed by atoms with Crippen molar-refractivity contribution in [2.24, 2.45) is 0 Å². The summed E-state index contributed by atoms with van der Waals surface area (Å²) in [5, 5.41) is 1.67. The van der Waals surface area contributed by atoms with Crippen molar-refractivity contribution in [3.05, 3.63) is 101 Å². The zero-order chi connectivity index (χ0) is 29.0. The quantitative estimate of drug-likeness (QED) is 0.355. The van der Waals surface area contributed by atoms with Crippen LogP contribution in [-0.4, -0.2) is 50.1 Å². The third-order valence-electron chi connectivity index (χ3n) is 8.22. The third-order valence-corrected chi connectivity index (χ3v) is 10.5. The van der Waals surface area contributed by atoms with Crippen LogP contribution in [0.25, 0.3) is 10.8 Å². The van der Waals surface area contributed by atoms with Gasteiger partial charge in [-0.3, -0.25) is 9.80 Å². The minimum absolute atomic E-state index is 0.112. The Bertz CT molecular complexity index is 1830. The van der Waals surface area contributed by atoms with Gasteiger partial charge in [-0.1, -0.05) is 66.2 Å². The number of allylic oxidation sites excluding steroid dienone is 2. The maximum absolute atomic E-state index is 14.0. The van der Waals surface area contributed by atoms with Gasteiger partial charge < -0.3 is 9.47 Å². The Morgan fingerprint density at radius 1 is 0.833 bits per heavy atom. The zero-order valence-corrected chi connectivity index (χ0v) is 23.9. The van der Waals surface area contributed by atoms with Gasteiger partial charge in [-0.2, -0.15) is 4.31 Å². The molecule has 214 valence electrons. The highest BCUT2D eigenvalue weighted by molar-refractivity contribution is 7.89. The molecule has 0 aromatic heterocycles. The minimum atomic E-state index is -3.90. The Hall–Kier alpha value is -4.12. The lowest BCUT2D eigenvalue weighted by molar-refractivity contribution is 0.136. The molecule has 1 atom stereocenters. The first-order chi connectivity index (χ1) is 20.3. The fourth-order valence-corrected chi connectivity index (χ4v) is 8.07. The van der Waals surface area contributed by atoms with Gasteiger partial charge in [0.05, 0.1) is 22.3 Å². The molecule has 0 bridgehead atoms. The third kappa shape index (κ3) is 4.29. The minimum Gasteiger partial charge on any atom is -0.444 e. The highest BCUT2D eigenvalue weighted by atomic mass is 35.5. The maximum Gasteiger partial charge on any atom is 0.420 e. The van der Waals surface area contributed by atoms with Gasteiger partial charge in [0.1, 0.15) is 12.9 Å². The number of hydrogen-bond acceptors (Lipinski definition) is 6. The van der Waals surface area contributed by atoms with Crippen molar-refractivity contribution in [3.63, 3.8) is 0 Å². The molecule has 3 aromatic rings. The van der Waals surface area contributed by atoms with Crippen LogP contribution >= 0.6 is 11.6 Å². The van der Waals surface area contributed by atoms with E-state index in [0.29, 0.717) is 40.0 Å². The van der Waals surface area contributed by atoms with Crippen molar-refractivity contribution in [2.75, 3.05) is 22.9 Å². The summed E-state index contributed by atoms with van der Waals surface area (Å²) in [7, 11) is -3.90. The highest BCUT2D eigenvalue weighted by Crippen LogP contribution is 2.39. The van der Waals surface area contributed by atoms with E-state index in [0.717, 1.165) is 11.1 Å². The van der Waals surface area contributed by atoms with Gasteiger partial charge in [-0.15, -0.1) is 0 Å². The summed E-state index contributed by atoms with van der Waals surface area (Å²) in [5.74, 6) is 0. The SMILES string of the molecule is O=C1OCc2c(Cl)cccc2N1C1CCN(S(=O)(=O)c2cccc3c(N4C(=O)OC=C5C=CC=CC54)cccc23)CC1. The number of amides is 2. The number of nitrogens with zero attached hydrogens (tertiary/aromatic N) is 3. The number of anilines is 2. The molecule has 1 fully saturated rings. The number of rotatable bonds is 4. The Balaban J connectivity index is 1.18. The summed E-state index contributed by atoms with van der Waals surface area (Å²) >= 11 is 6.35. The molecule has 3 aliphatic heterocycles. The fraction of sp³-hybridized carbons (Fsp3) is 0.226. The Morgan fingerprint density at radius 2 is 1.57 bits per heavy atom. The lowest BCUT2D eigenvalue weighted by Gasteiger charge is -2.40. The van der Waals surface area contributed by atoms with Crippen molar-refractivity contribution in [2.45, 2.75) is 36.4 Å². The Morgan fingerprint density at radius 3 is 2.40 bits per heavy atom. The van der Waals surface area contributed by atoms with Crippen LogP contribution < -0.4 is 9.80 Å². The molecule has 7 rings (SSSR count). The molecule has 3 aromatic carbocycles. The molecule has 2 amide bonds. The first-order valence-corrected chi connectivity index (χ1v) is 15.5. The predicted octanol–water partition coefficient (Wildman–Crippen LogP) is 6.14. The van der Waals surface area contributed by atoms with E-state index < -0.39 is 22.2 Å². The van der Waals surface area contributed by atoms with Crippen LogP contribution in [0.3, 0.4) is 0 Å². The van der Waals surface area contributed by atoms with Crippen molar-refractivity contribution >= 4 is 56.0 Å². The average molecular weight is 604 g/mol. The largest absolute Gasteiger partial charge is 0.444 e. The number of ether oxygens (including phenoxy) is 2. The topological polar surface area (TPSA) is 96.5 Å². The van der Waals surface area contributed by atoms with Gasteiger partial charge >= 0.3 is 12.2 Å². The van der Waals surface area contributed by atoms with Gasteiger partial charge in [0, 0.05) is 46.1 Å². The van der Waals surface area contributed by atoms with E-state index >= 15 is 0 Å². The monoisotopic (exact) mass is 603 g/mol. The number of carbonyl (C=O) groups excluding carboxylic acids is 2. The number of piperidine rings is 1. The number of benzene rings is 3. The standard InChI is InChI=1S/C31H26ClN3O6S/c32-25-9-5-12-28-24(25)19-41-30(36)34(28)21-14-16-33(17-15-21)42(38,39)29-13-4-7-22-23(29)8-3-11-27(22)35-26-10-2-1-6-20(26)18-40-31(35)37/h1-13,18,21,26H,14-17,19H2. The van der Waals surface area contributed by atoms with E-state index in [1.165, 1.54) is 10.6 Å². The smallest absolute Gasteiger partial charge is 0.420 e. The van der Waals surface area contributed by atoms with Gasteiger partial charge in [-0.05, 0) is 37.1 Å². The van der Waals surface area contributed by atoms with Gasteiger partial charge in [0.25, 0.3) is 0 Å². The van der Waals surface area contributed by atoms with Gasteiger partial charge in [0.2, 0.25) is 10.0 Å². The average Bonchev–Trinajstić information content (AvgIpc) is 3.01. The van der Waals surface area contributed by atoms with Crippen LogP contribution in [-0.2, 0) is 26.1 Å². The molecule has 0 saturated carbocycles. The zero-order valence-electron chi connectivity index (χ0n) is 22.4. The molecule has 9 nitrogen and oxygen atoms in total. The van der Waals surface area contributed by atoms with Crippen molar-refractivity contribution in [1.82, 2.24) is 4.31 Å². The molecule has 1 unspecified atom stereocenters. The van der Waals surface area contributed by atoms with Gasteiger partial charge in [-0.25, -0.2) is 18.0 Å². The van der Waals surface area contributed by atoms with Crippen molar-refractivity contribution < 1.29 is 27.5 Å². The molecular weight excluding hydrogens is 578 g/mol. The summed E-state index contributed by atoms with van der Waals surface area (Å²) in [6, 6.07) is 15.2. The van der Waals surface area contributed by atoms with E-state index in [-0.39, 0.29) is 36.7 Å². The van der Waals surface area contributed by atoms with Crippen LogP contribution in [0.2, 0.25) is 5.02 Å². The molecule has 3 heterocycles. The second-order valence-electron chi connectivity index (χ2n) is 10.5. The number of fused-ring (bicyclic) bond motifs is 3. The van der Waals surface area contributed by atoms with Crippen LogP contribution in [0.1, 0.15) is 18.4 Å². The van der Waals surface area contributed by atoms with E-state index in [2.05, 4.69) is 0 Å². The number of hydrogen-bond donors (Lipinski definition) is 0. The van der Waals surface area contributed by atoms with Crippen molar-refractivity contribution in [3.8, 4) is 0 Å².